The molecule has 3 rings (SSSR count). The number of amides is 2. The fraction of sp³-hybridized carbons (Fsp3) is 0.562. The van der Waals surface area contributed by atoms with Gasteiger partial charge in [-0.1, -0.05) is 51.1 Å². The largest absolute Gasteiger partial charge is 0.390 e. The van der Waals surface area contributed by atoms with E-state index >= 15 is 0 Å². The predicted octanol–water partition coefficient (Wildman–Crippen LogP) is 4.69. The highest BCUT2D eigenvalue weighted by Crippen LogP contribution is 2.30. The monoisotopic (exact) mass is 551 g/mol. The summed E-state index contributed by atoms with van der Waals surface area (Å²) in [5.74, 6) is -0.191. The van der Waals surface area contributed by atoms with E-state index in [1.807, 2.05) is 63.5 Å². The minimum absolute atomic E-state index is 0.0763. The van der Waals surface area contributed by atoms with Gasteiger partial charge in [0, 0.05) is 62.6 Å². The molecule has 2 aromatic rings. The molecule has 1 aliphatic rings. The Kier molecular flexibility index (Phi) is 11.5. The minimum Gasteiger partial charge on any atom is -0.390 e. The van der Waals surface area contributed by atoms with E-state index in [0.717, 1.165) is 42.6 Å². The van der Waals surface area contributed by atoms with Crippen LogP contribution in [0.15, 0.2) is 48.5 Å². The number of β-amino-alcohol motifs (C(OH)–C–C–N with tert-alkyl or cyclic N) is 1. The maximum atomic E-state index is 13.8. The molecule has 2 atom stereocenters. The molecular formula is C32H49N5O3. The molecule has 40 heavy (non-hydrogen) atoms. The van der Waals surface area contributed by atoms with Crippen LogP contribution in [0.2, 0.25) is 0 Å². The first kappa shape index (κ1) is 31.6. The van der Waals surface area contributed by atoms with Gasteiger partial charge in [-0.15, -0.1) is 0 Å². The Morgan fingerprint density at radius 3 is 2.27 bits per heavy atom. The second-order valence-electron chi connectivity index (χ2n) is 11.0. The second-order valence-corrected chi connectivity index (χ2v) is 11.0. The molecule has 0 aromatic heterocycles. The topological polar surface area (TPSA) is 88.1 Å². The van der Waals surface area contributed by atoms with E-state index in [9.17, 15) is 14.7 Å². The van der Waals surface area contributed by atoms with Crippen molar-refractivity contribution in [1.82, 2.24) is 15.3 Å². The Morgan fingerprint density at radius 2 is 1.73 bits per heavy atom. The number of benzene rings is 2. The van der Waals surface area contributed by atoms with Crippen LogP contribution in [-0.2, 0) is 11.2 Å². The van der Waals surface area contributed by atoms with Crippen LogP contribution >= 0.6 is 0 Å². The zero-order chi connectivity index (χ0) is 29.3. The molecule has 0 aliphatic carbocycles. The first-order valence-electron chi connectivity index (χ1n) is 14.8. The van der Waals surface area contributed by atoms with Gasteiger partial charge >= 0.3 is 0 Å². The molecule has 0 unspecified atom stereocenters. The lowest BCUT2D eigenvalue weighted by Crippen LogP contribution is -2.59. The average Bonchev–Trinajstić information content (AvgIpc) is 3.39. The Labute approximate surface area is 240 Å². The molecule has 2 amide bonds. The third kappa shape index (κ3) is 7.62. The maximum Gasteiger partial charge on any atom is 0.251 e. The quantitative estimate of drug-likeness (QED) is 0.278. The van der Waals surface area contributed by atoms with Gasteiger partial charge in [-0.2, -0.15) is 0 Å². The summed E-state index contributed by atoms with van der Waals surface area (Å²) in [4.78, 5) is 28.0. The molecule has 0 saturated carbocycles. The lowest BCUT2D eigenvalue weighted by atomic mass is 9.88. The number of hydrazine groups is 1. The molecule has 0 bridgehead atoms. The fourth-order valence-electron chi connectivity index (χ4n) is 5.91. The molecule has 0 radical (unpaired) electrons. The van der Waals surface area contributed by atoms with Crippen LogP contribution < -0.4 is 15.5 Å². The average molecular weight is 552 g/mol. The lowest BCUT2D eigenvalue weighted by molar-refractivity contribution is -0.117. The molecule has 220 valence electrons. The third-order valence-electron chi connectivity index (χ3n) is 8.39. The molecule has 3 N–H and O–H groups in total. The van der Waals surface area contributed by atoms with E-state index in [-0.39, 0.29) is 17.4 Å². The molecule has 1 saturated heterocycles. The van der Waals surface area contributed by atoms with E-state index in [1.54, 1.807) is 11.0 Å². The number of nitrogens with zero attached hydrogens (tertiary/aromatic N) is 3. The number of carbonyl (C=O) groups excluding carboxylic acids is 2. The predicted molar refractivity (Wildman–Crippen MR) is 164 cm³/mol. The van der Waals surface area contributed by atoms with Gasteiger partial charge in [-0.25, -0.2) is 10.0 Å². The molecule has 1 fully saturated rings. The number of carbonyl (C=O) groups is 2. The van der Waals surface area contributed by atoms with Gasteiger partial charge in [0.05, 0.1) is 12.1 Å². The van der Waals surface area contributed by atoms with Gasteiger partial charge in [0.1, 0.15) is 0 Å². The Balaban J connectivity index is 1.92. The highest BCUT2D eigenvalue weighted by Gasteiger charge is 2.36. The number of aliphatic hydroxyl groups is 1. The summed E-state index contributed by atoms with van der Waals surface area (Å²) >= 11 is 0. The van der Waals surface area contributed by atoms with Crippen LogP contribution in [0.25, 0.3) is 0 Å². The van der Waals surface area contributed by atoms with Crippen molar-refractivity contribution in [2.24, 2.45) is 0 Å². The third-order valence-corrected chi connectivity index (χ3v) is 8.39. The van der Waals surface area contributed by atoms with Crippen molar-refractivity contribution in [3.8, 4) is 0 Å². The van der Waals surface area contributed by atoms with Crippen molar-refractivity contribution in [3.05, 3.63) is 59.7 Å². The normalized spacial score (nSPS) is 15.5. The number of hydrogen-bond donors (Lipinski definition) is 3. The van der Waals surface area contributed by atoms with Gasteiger partial charge in [-0.05, 0) is 62.8 Å². The van der Waals surface area contributed by atoms with Gasteiger partial charge in [0.25, 0.3) is 5.91 Å². The lowest BCUT2D eigenvalue weighted by Gasteiger charge is -2.47. The van der Waals surface area contributed by atoms with E-state index in [2.05, 4.69) is 41.4 Å². The van der Waals surface area contributed by atoms with Crippen molar-refractivity contribution in [2.45, 2.75) is 83.9 Å². The molecule has 0 spiro atoms. The number of nitrogens with one attached hydrogen (secondary N) is 2. The van der Waals surface area contributed by atoms with Crippen molar-refractivity contribution >= 4 is 23.2 Å². The summed E-state index contributed by atoms with van der Waals surface area (Å²) in [6.07, 6.45) is 3.88. The van der Waals surface area contributed by atoms with Crippen molar-refractivity contribution in [1.29, 1.82) is 0 Å². The molecule has 1 aliphatic heterocycles. The zero-order valence-electron chi connectivity index (χ0n) is 25.2. The summed E-state index contributed by atoms with van der Waals surface area (Å²) in [7, 11) is 4.03. The fourth-order valence-corrected chi connectivity index (χ4v) is 5.91. The number of hydrogen-bond acceptors (Lipinski definition) is 6. The molecular weight excluding hydrogens is 502 g/mol. The van der Waals surface area contributed by atoms with E-state index < -0.39 is 12.1 Å². The van der Waals surface area contributed by atoms with E-state index in [0.29, 0.717) is 38.0 Å². The minimum atomic E-state index is -0.813. The summed E-state index contributed by atoms with van der Waals surface area (Å²) < 4.78 is 0. The van der Waals surface area contributed by atoms with Crippen LogP contribution in [0.3, 0.4) is 0 Å². The summed E-state index contributed by atoms with van der Waals surface area (Å²) in [6, 6.07) is 15.0. The SMILES string of the molecule is CCNc1cc(C(=O)N[C@@H](Cc2ccccc2)[C@H](O)CN(N(C)C)C(CC)(CC)CC)cc(N2CCCC2=O)c1. The van der Waals surface area contributed by atoms with E-state index in [4.69, 9.17) is 0 Å². The van der Waals surface area contributed by atoms with Crippen LogP contribution in [0.1, 0.15) is 75.7 Å². The van der Waals surface area contributed by atoms with E-state index in [1.165, 1.54) is 0 Å². The van der Waals surface area contributed by atoms with Gasteiger partial charge in [0.15, 0.2) is 0 Å². The molecule has 2 aromatic carbocycles. The smallest absolute Gasteiger partial charge is 0.251 e. The van der Waals surface area contributed by atoms with Gasteiger partial charge < -0.3 is 20.6 Å². The zero-order valence-corrected chi connectivity index (χ0v) is 25.2. The van der Waals surface area contributed by atoms with Crippen molar-refractivity contribution in [2.75, 3.05) is 43.9 Å². The number of anilines is 2. The number of aliphatic hydroxyl groups excluding tert-OH is 1. The van der Waals surface area contributed by atoms with Crippen LogP contribution in [0, 0.1) is 0 Å². The summed E-state index contributed by atoms with van der Waals surface area (Å²) in [5.41, 5.74) is 2.95. The molecule has 1 heterocycles. The highest BCUT2D eigenvalue weighted by molar-refractivity contribution is 6.00. The second kappa shape index (κ2) is 14.6. The Bertz CT molecular complexity index is 1090. The van der Waals surface area contributed by atoms with Gasteiger partial charge in [0.2, 0.25) is 5.91 Å². The first-order chi connectivity index (χ1) is 19.2. The standard InChI is InChI=1S/C32H49N5O3/c1-7-32(8-2,9-3)37(35(5)6)23-29(38)28(19-24-15-12-11-13-16-24)34-31(40)25-20-26(33-10-4)22-27(21-25)36-18-14-17-30(36)39/h11-13,15-16,20-22,28-29,33,38H,7-10,14,17-19,23H2,1-6H3,(H,34,40)/t28-,29+/m0/s1. The summed E-state index contributed by atoms with van der Waals surface area (Å²) in [6.45, 7) is 10.3. The Hall–Kier alpha value is -2.94. The molecule has 8 nitrogen and oxygen atoms in total. The van der Waals surface area contributed by atoms with Gasteiger partial charge in [-0.3, -0.25) is 9.59 Å². The Morgan fingerprint density at radius 1 is 1.05 bits per heavy atom. The highest BCUT2D eigenvalue weighted by atomic mass is 16.3. The van der Waals surface area contributed by atoms with Crippen molar-refractivity contribution < 1.29 is 14.7 Å². The summed E-state index contributed by atoms with van der Waals surface area (Å²) in [5, 5.41) is 22.5. The van der Waals surface area contributed by atoms with Crippen molar-refractivity contribution in [3.63, 3.8) is 0 Å². The number of rotatable bonds is 15. The van der Waals surface area contributed by atoms with Crippen LogP contribution in [0.5, 0.6) is 0 Å². The van der Waals surface area contributed by atoms with Crippen LogP contribution in [0.4, 0.5) is 11.4 Å². The molecule has 8 heteroatoms. The van der Waals surface area contributed by atoms with Crippen LogP contribution in [-0.4, -0.2) is 78.4 Å². The maximum absolute atomic E-state index is 13.8. The first-order valence-corrected chi connectivity index (χ1v) is 14.8.